The van der Waals surface area contributed by atoms with Crippen molar-refractivity contribution in [2.75, 3.05) is 33.2 Å². The van der Waals surface area contributed by atoms with E-state index in [9.17, 15) is 4.79 Å². The average molecular weight is 426 g/mol. The van der Waals surface area contributed by atoms with Gasteiger partial charge in [0.1, 0.15) is 0 Å². The van der Waals surface area contributed by atoms with Gasteiger partial charge in [0.2, 0.25) is 5.91 Å². The van der Waals surface area contributed by atoms with Crippen LogP contribution in [0.2, 0.25) is 0 Å². The van der Waals surface area contributed by atoms with Crippen molar-refractivity contribution in [2.24, 2.45) is 5.92 Å². The number of nitrogens with one attached hydrogen (secondary N) is 1. The minimum atomic E-state index is 0.0971. The Bertz CT molecular complexity index is 865. The molecule has 170 valence electrons. The van der Waals surface area contributed by atoms with Gasteiger partial charge in [-0.25, -0.2) is 0 Å². The summed E-state index contributed by atoms with van der Waals surface area (Å²) >= 11 is 0. The second kappa shape index (κ2) is 10.9. The molecule has 0 bridgehead atoms. The van der Waals surface area contributed by atoms with Crippen molar-refractivity contribution in [2.45, 2.75) is 60.2 Å². The van der Waals surface area contributed by atoms with Crippen molar-refractivity contribution in [1.82, 2.24) is 24.9 Å². The Morgan fingerprint density at radius 3 is 2.55 bits per heavy atom. The molecule has 1 fully saturated rings. The van der Waals surface area contributed by atoms with Crippen LogP contribution in [-0.4, -0.2) is 58.7 Å². The zero-order chi connectivity index (χ0) is 22.4. The fourth-order valence-corrected chi connectivity index (χ4v) is 4.25. The van der Waals surface area contributed by atoms with E-state index in [1.54, 1.807) is 0 Å². The average Bonchev–Trinajstić information content (AvgIpc) is 2.99. The fraction of sp³-hybridized carbons (Fsp3) is 0.600. The van der Waals surface area contributed by atoms with Crippen LogP contribution in [0.15, 0.2) is 24.3 Å². The Balaban J connectivity index is 1.47. The zero-order valence-corrected chi connectivity index (χ0v) is 19.9. The molecule has 1 N–H and O–H groups in total. The monoisotopic (exact) mass is 425 g/mol. The molecule has 2 heterocycles. The van der Waals surface area contributed by atoms with Crippen LogP contribution in [0, 0.1) is 19.8 Å². The van der Waals surface area contributed by atoms with E-state index < -0.39 is 0 Å². The minimum Gasteiger partial charge on any atom is -0.352 e. The van der Waals surface area contributed by atoms with Crippen molar-refractivity contribution in [3.05, 3.63) is 52.3 Å². The molecule has 0 aliphatic carbocycles. The number of aryl methyl sites for hydroxylation is 1. The fourth-order valence-electron chi connectivity index (χ4n) is 4.25. The first-order valence-corrected chi connectivity index (χ1v) is 11.6. The van der Waals surface area contributed by atoms with Crippen LogP contribution < -0.4 is 5.32 Å². The van der Waals surface area contributed by atoms with E-state index in [2.05, 4.69) is 77.0 Å². The molecule has 0 saturated carbocycles. The first-order chi connectivity index (χ1) is 14.8. The number of hydrogen-bond donors (Lipinski definition) is 1. The van der Waals surface area contributed by atoms with Crippen LogP contribution in [0.3, 0.4) is 0 Å². The SMILES string of the molecule is Cc1nn(CC(C)C)c(C)c1CCC(=O)NCc1cccc(CN2CCN(C)CC2)c1. The molecule has 1 aromatic carbocycles. The van der Waals surface area contributed by atoms with Crippen LogP contribution in [-0.2, 0) is 30.8 Å². The van der Waals surface area contributed by atoms with Crippen LogP contribution in [0.4, 0.5) is 0 Å². The molecule has 1 saturated heterocycles. The predicted molar refractivity (Wildman–Crippen MR) is 126 cm³/mol. The zero-order valence-electron chi connectivity index (χ0n) is 19.9. The normalized spacial score (nSPS) is 15.5. The van der Waals surface area contributed by atoms with Crippen LogP contribution >= 0.6 is 0 Å². The maximum atomic E-state index is 12.5. The Labute approximate surface area is 187 Å². The molecular formula is C25H39N5O. The molecule has 1 aliphatic heterocycles. The highest BCUT2D eigenvalue weighted by atomic mass is 16.1. The lowest BCUT2D eigenvalue weighted by molar-refractivity contribution is -0.121. The number of hydrogen-bond acceptors (Lipinski definition) is 4. The number of aromatic nitrogens is 2. The molecule has 6 nitrogen and oxygen atoms in total. The lowest BCUT2D eigenvalue weighted by Crippen LogP contribution is -2.43. The van der Waals surface area contributed by atoms with Crippen molar-refractivity contribution < 1.29 is 4.79 Å². The summed E-state index contributed by atoms with van der Waals surface area (Å²) < 4.78 is 2.08. The molecule has 0 radical (unpaired) electrons. The molecule has 0 spiro atoms. The number of carbonyl (C=O) groups is 1. The highest BCUT2D eigenvalue weighted by molar-refractivity contribution is 5.76. The van der Waals surface area contributed by atoms with Gasteiger partial charge in [0, 0.05) is 57.9 Å². The van der Waals surface area contributed by atoms with Crippen LogP contribution in [0.1, 0.15) is 48.3 Å². The van der Waals surface area contributed by atoms with Gasteiger partial charge in [-0.15, -0.1) is 0 Å². The molecule has 1 amide bonds. The lowest BCUT2D eigenvalue weighted by Gasteiger charge is -2.32. The number of rotatable bonds is 9. The van der Waals surface area contributed by atoms with Crippen LogP contribution in [0.5, 0.6) is 0 Å². The van der Waals surface area contributed by atoms with Gasteiger partial charge in [-0.1, -0.05) is 38.1 Å². The second-order valence-corrected chi connectivity index (χ2v) is 9.40. The number of carbonyl (C=O) groups excluding carboxylic acids is 1. The highest BCUT2D eigenvalue weighted by Crippen LogP contribution is 2.17. The molecule has 3 rings (SSSR count). The molecule has 0 atom stereocenters. The summed E-state index contributed by atoms with van der Waals surface area (Å²) in [7, 11) is 2.18. The number of benzene rings is 1. The van der Waals surface area contributed by atoms with Gasteiger partial charge in [0.25, 0.3) is 0 Å². The van der Waals surface area contributed by atoms with E-state index >= 15 is 0 Å². The number of amides is 1. The van der Waals surface area contributed by atoms with Gasteiger partial charge >= 0.3 is 0 Å². The maximum absolute atomic E-state index is 12.5. The van der Waals surface area contributed by atoms with Gasteiger partial charge in [0.15, 0.2) is 0 Å². The number of nitrogens with zero attached hydrogens (tertiary/aromatic N) is 4. The summed E-state index contributed by atoms with van der Waals surface area (Å²) in [6.07, 6.45) is 1.24. The molecule has 6 heteroatoms. The molecule has 1 aliphatic rings. The molecular weight excluding hydrogens is 386 g/mol. The quantitative estimate of drug-likeness (QED) is 0.671. The van der Waals surface area contributed by atoms with E-state index in [0.29, 0.717) is 18.9 Å². The van der Waals surface area contributed by atoms with Crippen LogP contribution in [0.25, 0.3) is 0 Å². The summed E-state index contributed by atoms with van der Waals surface area (Å²) in [5.41, 5.74) is 5.93. The molecule has 2 aromatic rings. The Morgan fingerprint density at radius 1 is 1.13 bits per heavy atom. The minimum absolute atomic E-state index is 0.0971. The number of piperazine rings is 1. The summed E-state index contributed by atoms with van der Waals surface area (Å²) in [4.78, 5) is 17.4. The molecule has 0 unspecified atom stereocenters. The summed E-state index contributed by atoms with van der Waals surface area (Å²) in [6.45, 7) is 15.5. The van der Waals surface area contributed by atoms with E-state index in [1.165, 1.54) is 16.8 Å². The third kappa shape index (κ3) is 6.91. The van der Waals surface area contributed by atoms with E-state index in [0.717, 1.165) is 56.9 Å². The smallest absolute Gasteiger partial charge is 0.220 e. The highest BCUT2D eigenvalue weighted by Gasteiger charge is 2.15. The predicted octanol–water partition coefficient (Wildman–Crippen LogP) is 3.15. The largest absolute Gasteiger partial charge is 0.352 e. The van der Waals surface area contributed by atoms with Crippen molar-refractivity contribution >= 4 is 5.91 Å². The number of likely N-dealkylation sites (N-methyl/N-ethyl adjacent to an activating group) is 1. The second-order valence-electron chi connectivity index (χ2n) is 9.40. The third-order valence-electron chi connectivity index (χ3n) is 6.15. The maximum Gasteiger partial charge on any atom is 0.220 e. The first-order valence-electron chi connectivity index (χ1n) is 11.6. The van der Waals surface area contributed by atoms with E-state index in [4.69, 9.17) is 0 Å². The topological polar surface area (TPSA) is 53.4 Å². The Kier molecular flexibility index (Phi) is 8.27. The van der Waals surface area contributed by atoms with Crippen molar-refractivity contribution in [1.29, 1.82) is 0 Å². The van der Waals surface area contributed by atoms with Gasteiger partial charge in [0.05, 0.1) is 5.69 Å². The summed E-state index contributed by atoms with van der Waals surface area (Å²) in [5.74, 6) is 0.654. The standard InChI is InChI=1S/C25H39N5O/c1-19(2)17-30-21(4)24(20(3)27-30)9-10-25(31)26-16-22-7-6-8-23(15-22)18-29-13-11-28(5)12-14-29/h6-8,15,19H,9-14,16-18H2,1-5H3,(H,26,31). The van der Waals surface area contributed by atoms with Gasteiger partial charge < -0.3 is 10.2 Å². The van der Waals surface area contributed by atoms with Crippen molar-refractivity contribution in [3.8, 4) is 0 Å². The molecule has 1 aromatic heterocycles. The molecule has 31 heavy (non-hydrogen) atoms. The summed E-state index contributed by atoms with van der Waals surface area (Å²) in [5, 5.41) is 7.76. The van der Waals surface area contributed by atoms with Gasteiger partial charge in [-0.2, -0.15) is 5.10 Å². The Morgan fingerprint density at radius 2 is 1.84 bits per heavy atom. The lowest BCUT2D eigenvalue weighted by atomic mass is 10.1. The van der Waals surface area contributed by atoms with E-state index in [-0.39, 0.29) is 5.91 Å². The van der Waals surface area contributed by atoms with Crippen molar-refractivity contribution in [3.63, 3.8) is 0 Å². The Hall–Kier alpha value is -2.18. The van der Waals surface area contributed by atoms with E-state index in [1.807, 2.05) is 6.92 Å². The van der Waals surface area contributed by atoms with Gasteiger partial charge in [-0.3, -0.25) is 14.4 Å². The van der Waals surface area contributed by atoms with Gasteiger partial charge in [-0.05, 0) is 49.9 Å². The third-order valence-corrected chi connectivity index (χ3v) is 6.15. The summed E-state index contributed by atoms with van der Waals surface area (Å²) in [6, 6.07) is 8.60. The first kappa shape index (κ1) is 23.5.